The summed E-state index contributed by atoms with van der Waals surface area (Å²) in [5, 5.41) is 4.27. The normalized spacial score (nSPS) is 21.0. The van der Waals surface area contributed by atoms with Crippen LogP contribution in [0.5, 0.6) is 0 Å². The molecular formula is C21H29N5O. The van der Waals surface area contributed by atoms with E-state index < -0.39 is 0 Å². The fraction of sp³-hybridized carbons (Fsp3) is 0.571. The summed E-state index contributed by atoms with van der Waals surface area (Å²) in [7, 11) is 0. The smallest absolute Gasteiger partial charge is 0.255 e. The van der Waals surface area contributed by atoms with Crippen molar-refractivity contribution < 1.29 is 4.79 Å². The van der Waals surface area contributed by atoms with E-state index in [1.54, 1.807) is 6.20 Å². The molecule has 1 atom stereocenters. The Kier molecular flexibility index (Phi) is 5.41. The van der Waals surface area contributed by atoms with Crippen LogP contribution >= 0.6 is 0 Å². The van der Waals surface area contributed by atoms with Gasteiger partial charge in [0.05, 0.1) is 5.56 Å². The molecule has 27 heavy (non-hydrogen) atoms. The van der Waals surface area contributed by atoms with Crippen LogP contribution in [0.25, 0.3) is 0 Å². The summed E-state index contributed by atoms with van der Waals surface area (Å²) in [6.45, 7) is 5.95. The molecule has 0 saturated carbocycles. The van der Waals surface area contributed by atoms with Crippen molar-refractivity contribution in [3.63, 3.8) is 0 Å². The highest BCUT2D eigenvalue weighted by Gasteiger charge is 2.25. The number of carbonyl (C=O) groups excluding carboxylic acids is 1. The Hall–Kier alpha value is -2.37. The van der Waals surface area contributed by atoms with Gasteiger partial charge in [-0.25, -0.2) is 4.98 Å². The highest BCUT2D eigenvalue weighted by atomic mass is 16.2. The molecule has 0 aliphatic carbocycles. The molecule has 0 N–H and O–H groups in total. The Morgan fingerprint density at radius 3 is 2.67 bits per heavy atom. The quantitative estimate of drug-likeness (QED) is 0.814. The van der Waals surface area contributed by atoms with Gasteiger partial charge in [0.2, 0.25) is 0 Å². The molecule has 2 saturated heterocycles. The van der Waals surface area contributed by atoms with E-state index in [0.29, 0.717) is 17.5 Å². The van der Waals surface area contributed by atoms with Crippen molar-refractivity contribution in [2.75, 3.05) is 24.5 Å². The maximum Gasteiger partial charge on any atom is 0.255 e. The van der Waals surface area contributed by atoms with Crippen molar-refractivity contribution in [1.29, 1.82) is 0 Å². The highest BCUT2D eigenvalue weighted by molar-refractivity contribution is 5.94. The minimum absolute atomic E-state index is 0.119. The Balaban J connectivity index is 1.28. The van der Waals surface area contributed by atoms with E-state index in [1.807, 2.05) is 40.2 Å². The Morgan fingerprint density at radius 2 is 2.04 bits per heavy atom. The monoisotopic (exact) mass is 367 g/mol. The summed E-state index contributed by atoms with van der Waals surface area (Å²) in [5.74, 6) is 1.79. The lowest BCUT2D eigenvalue weighted by atomic mass is 9.93. The second-order valence-corrected chi connectivity index (χ2v) is 7.88. The average molecular weight is 367 g/mol. The zero-order chi connectivity index (χ0) is 18.6. The molecule has 4 heterocycles. The van der Waals surface area contributed by atoms with E-state index in [0.717, 1.165) is 51.3 Å². The molecule has 0 aromatic carbocycles. The summed E-state index contributed by atoms with van der Waals surface area (Å²) < 4.78 is 1.99. The number of aryl methyl sites for hydroxylation is 1. The number of hydrogen-bond donors (Lipinski definition) is 0. The number of piperidine rings is 1. The molecule has 2 fully saturated rings. The molecule has 2 aromatic heterocycles. The summed E-state index contributed by atoms with van der Waals surface area (Å²) in [5.41, 5.74) is 0.709. The van der Waals surface area contributed by atoms with Gasteiger partial charge in [0.1, 0.15) is 5.82 Å². The minimum Gasteiger partial charge on any atom is -0.354 e. The van der Waals surface area contributed by atoms with Crippen molar-refractivity contribution in [1.82, 2.24) is 19.7 Å². The van der Waals surface area contributed by atoms with Crippen LogP contribution in [0.1, 0.15) is 49.4 Å². The average Bonchev–Trinajstić information content (AvgIpc) is 3.38. The topological polar surface area (TPSA) is 54.3 Å². The molecule has 4 rings (SSSR count). The molecule has 0 bridgehead atoms. The second-order valence-electron chi connectivity index (χ2n) is 7.88. The van der Waals surface area contributed by atoms with Crippen LogP contribution in [-0.4, -0.2) is 51.2 Å². The molecule has 0 spiro atoms. The van der Waals surface area contributed by atoms with Crippen molar-refractivity contribution in [3.8, 4) is 0 Å². The number of carbonyl (C=O) groups is 1. The van der Waals surface area contributed by atoms with E-state index in [1.165, 1.54) is 12.8 Å². The minimum atomic E-state index is 0.119. The predicted octanol–water partition coefficient (Wildman–Crippen LogP) is 3.21. The zero-order valence-corrected chi connectivity index (χ0v) is 16.1. The van der Waals surface area contributed by atoms with Crippen LogP contribution in [-0.2, 0) is 6.54 Å². The van der Waals surface area contributed by atoms with Gasteiger partial charge >= 0.3 is 0 Å². The van der Waals surface area contributed by atoms with E-state index in [4.69, 9.17) is 0 Å². The number of amides is 1. The van der Waals surface area contributed by atoms with Crippen molar-refractivity contribution in [2.45, 2.75) is 51.6 Å². The number of rotatable bonds is 5. The van der Waals surface area contributed by atoms with Crippen molar-refractivity contribution >= 4 is 11.7 Å². The fourth-order valence-corrected chi connectivity index (χ4v) is 4.31. The van der Waals surface area contributed by atoms with E-state index in [-0.39, 0.29) is 5.91 Å². The zero-order valence-electron chi connectivity index (χ0n) is 16.1. The van der Waals surface area contributed by atoms with Gasteiger partial charge in [-0.15, -0.1) is 0 Å². The first-order valence-electron chi connectivity index (χ1n) is 10.2. The number of aromatic nitrogens is 3. The van der Waals surface area contributed by atoms with Gasteiger partial charge in [-0.05, 0) is 63.1 Å². The SMILES string of the molecule is CC1CCCN1c1ccc(C(=O)N2CCC(CCn3cccn3)CC2)cn1. The van der Waals surface area contributed by atoms with Gasteiger partial charge in [-0.2, -0.15) is 5.10 Å². The molecular weight excluding hydrogens is 338 g/mol. The van der Waals surface area contributed by atoms with E-state index in [9.17, 15) is 4.79 Å². The van der Waals surface area contributed by atoms with Gasteiger partial charge in [0.25, 0.3) is 5.91 Å². The molecule has 1 unspecified atom stereocenters. The van der Waals surface area contributed by atoms with E-state index >= 15 is 0 Å². The lowest BCUT2D eigenvalue weighted by Gasteiger charge is -2.32. The lowest BCUT2D eigenvalue weighted by Crippen LogP contribution is -2.38. The van der Waals surface area contributed by atoms with Crippen LogP contribution in [0.4, 0.5) is 5.82 Å². The molecule has 6 heteroatoms. The molecule has 6 nitrogen and oxygen atoms in total. The van der Waals surface area contributed by atoms with Gasteiger partial charge in [-0.3, -0.25) is 9.48 Å². The van der Waals surface area contributed by atoms with Crippen LogP contribution in [0.3, 0.4) is 0 Å². The maximum absolute atomic E-state index is 12.8. The molecule has 0 radical (unpaired) electrons. The predicted molar refractivity (Wildman–Crippen MR) is 106 cm³/mol. The van der Waals surface area contributed by atoms with E-state index in [2.05, 4.69) is 21.9 Å². The molecule has 1 amide bonds. The van der Waals surface area contributed by atoms with Gasteiger partial charge in [-0.1, -0.05) is 0 Å². The number of likely N-dealkylation sites (tertiary alicyclic amines) is 1. The maximum atomic E-state index is 12.8. The Bertz CT molecular complexity index is 734. The van der Waals surface area contributed by atoms with Crippen molar-refractivity contribution in [2.24, 2.45) is 5.92 Å². The standard InChI is InChI=1S/C21H29N5O/c1-17-4-2-12-26(17)20-6-5-19(16-22-20)21(27)24-13-7-18(8-14-24)9-15-25-11-3-10-23-25/h3,5-6,10-11,16-18H,2,4,7-9,12-15H2,1H3. The van der Waals surface area contributed by atoms with Crippen LogP contribution in [0.2, 0.25) is 0 Å². The first-order chi connectivity index (χ1) is 13.2. The third-order valence-electron chi connectivity index (χ3n) is 6.07. The summed E-state index contributed by atoms with van der Waals surface area (Å²) in [4.78, 5) is 21.7. The van der Waals surface area contributed by atoms with Gasteiger partial charge < -0.3 is 9.80 Å². The first-order valence-corrected chi connectivity index (χ1v) is 10.2. The number of hydrogen-bond acceptors (Lipinski definition) is 4. The third-order valence-corrected chi connectivity index (χ3v) is 6.07. The molecule has 2 aromatic rings. The Labute approximate surface area is 161 Å². The van der Waals surface area contributed by atoms with Crippen LogP contribution in [0, 0.1) is 5.92 Å². The summed E-state index contributed by atoms with van der Waals surface area (Å²) >= 11 is 0. The molecule has 2 aliphatic heterocycles. The second kappa shape index (κ2) is 8.11. The van der Waals surface area contributed by atoms with Crippen LogP contribution in [0.15, 0.2) is 36.8 Å². The third kappa shape index (κ3) is 4.15. The molecule has 2 aliphatic rings. The Morgan fingerprint density at radius 1 is 1.19 bits per heavy atom. The van der Waals surface area contributed by atoms with Gasteiger partial charge in [0, 0.05) is 50.8 Å². The van der Waals surface area contributed by atoms with Crippen LogP contribution < -0.4 is 4.90 Å². The fourth-order valence-electron chi connectivity index (χ4n) is 4.31. The first kappa shape index (κ1) is 18.0. The van der Waals surface area contributed by atoms with Gasteiger partial charge in [0.15, 0.2) is 0 Å². The number of nitrogens with zero attached hydrogens (tertiary/aromatic N) is 5. The van der Waals surface area contributed by atoms with Crippen molar-refractivity contribution in [3.05, 3.63) is 42.4 Å². The number of pyridine rings is 1. The molecule has 144 valence electrons. The lowest BCUT2D eigenvalue weighted by molar-refractivity contribution is 0.0684. The number of anilines is 1. The largest absolute Gasteiger partial charge is 0.354 e. The highest BCUT2D eigenvalue weighted by Crippen LogP contribution is 2.25. The summed E-state index contributed by atoms with van der Waals surface area (Å²) in [6, 6.07) is 6.45. The summed E-state index contributed by atoms with van der Waals surface area (Å²) in [6.07, 6.45) is 11.3.